The minimum atomic E-state index is 0. The number of hydrogen-bond donors (Lipinski definition) is 1. The molecule has 0 bridgehead atoms. The van der Waals surface area contributed by atoms with E-state index in [1.807, 2.05) is 0 Å². The van der Waals surface area contributed by atoms with Crippen LogP contribution in [0.25, 0.3) is 0 Å². The number of aliphatic hydroxyl groups is 1. The van der Waals surface area contributed by atoms with Crippen LogP contribution in [0.3, 0.4) is 0 Å². The van der Waals surface area contributed by atoms with Gasteiger partial charge in [0.2, 0.25) is 0 Å². The molecule has 0 saturated heterocycles. The maximum atomic E-state index is 8.66. The Balaban J connectivity index is -0.000000270. The smallest absolute Gasteiger partial charge is 0.0431 e. The fourth-order valence-corrected chi connectivity index (χ4v) is 2.36. The van der Waals surface area contributed by atoms with Gasteiger partial charge in [-0.15, -0.1) is 0 Å². The van der Waals surface area contributed by atoms with Crippen LogP contribution in [0.2, 0.25) is 0 Å². The van der Waals surface area contributed by atoms with Gasteiger partial charge in [0.1, 0.15) is 0 Å². The second-order valence-electron chi connectivity index (χ2n) is 5.66. The first kappa shape index (κ1) is 34.6. The molecule has 0 fully saturated rings. The molecule has 0 heterocycles. The first-order valence-electron chi connectivity index (χ1n) is 8.67. The van der Waals surface area contributed by atoms with E-state index in [0.717, 1.165) is 6.42 Å². The molecule has 4 nitrogen and oxygen atoms in total. The molecule has 0 amide bonds. The Hall–Kier alpha value is 0.294. The predicted molar refractivity (Wildman–Crippen MR) is 97.4 cm³/mol. The van der Waals surface area contributed by atoms with Crippen LogP contribution in [0.4, 0.5) is 0 Å². The summed E-state index contributed by atoms with van der Waals surface area (Å²) < 4.78 is 0. The number of allylic oxidation sites excluding steroid dienone is 2. The van der Waals surface area contributed by atoms with E-state index in [0.29, 0.717) is 6.61 Å². The Morgan fingerprint density at radius 3 is 1.30 bits per heavy atom. The maximum Gasteiger partial charge on any atom is 0.0431 e. The predicted octanol–water partition coefficient (Wildman–Crippen LogP) is 3.54. The van der Waals surface area contributed by atoms with Crippen LogP contribution in [0.5, 0.6) is 0 Å². The zero-order valence-corrected chi connectivity index (χ0v) is 16.8. The molecule has 0 aliphatic carbocycles. The third-order valence-electron chi connectivity index (χ3n) is 3.67. The van der Waals surface area contributed by atoms with Crippen molar-refractivity contribution >= 4 is 0 Å². The molecule has 0 aromatic carbocycles. The third-order valence-corrected chi connectivity index (χ3v) is 3.67. The topological polar surface area (TPSA) is 115 Å². The minimum absolute atomic E-state index is 0. The van der Waals surface area contributed by atoms with Gasteiger partial charge in [-0.25, -0.2) is 0 Å². The third kappa shape index (κ3) is 34.6. The van der Waals surface area contributed by atoms with Crippen LogP contribution < -0.4 is 0 Å². The van der Waals surface area contributed by atoms with Gasteiger partial charge in [-0.2, -0.15) is 0 Å². The molecule has 0 aromatic rings. The normalized spacial score (nSPS) is 9.48. The van der Waals surface area contributed by atoms with Gasteiger partial charge in [0.25, 0.3) is 0 Å². The van der Waals surface area contributed by atoms with Gasteiger partial charge < -0.3 is 21.5 Å². The monoisotopic (exact) mass is 370 g/mol. The van der Waals surface area contributed by atoms with Crippen molar-refractivity contribution in [3.8, 4) is 0 Å². The van der Waals surface area contributed by atoms with Crippen molar-refractivity contribution in [2.45, 2.75) is 96.8 Å². The van der Waals surface area contributed by atoms with E-state index in [2.05, 4.69) is 19.1 Å². The molecule has 0 aliphatic rings. The zero-order chi connectivity index (χ0) is 14.0. The van der Waals surface area contributed by atoms with Crippen molar-refractivity contribution in [3.63, 3.8) is 0 Å². The van der Waals surface area contributed by atoms with E-state index < -0.39 is 0 Å². The molecule has 0 aliphatic heterocycles. The molecule has 0 aromatic heterocycles. The Morgan fingerprint density at radius 2 is 0.913 bits per heavy atom. The summed E-state index contributed by atoms with van der Waals surface area (Å²) in [6.45, 7) is 2.64. The van der Waals surface area contributed by atoms with Gasteiger partial charge in [0.15, 0.2) is 0 Å². The van der Waals surface area contributed by atoms with E-state index in [4.69, 9.17) is 5.11 Å². The molecule has 0 atom stereocenters. The summed E-state index contributed by atoms with van der Waals surface area (Å²) in [5.74, 6) is 0. The molecule has 23 heavy (non-hydrogen) atoms. The van der Waals surface area contributed by atoms with Gasteiger partial charge in [0.05, 0.1) is 0 Å². The molecule has 0 radical (unpaired) electrons. The van der Waals surface area contributed by atoms with Crippen molar-refractivity contribution in [2.75, 3.05) is 6.61 Å². The summed E-state index contributed by atoms with van der Waals surface area (Å²) in [5, 5.41) is 8.66. The van der Waals surface area contributed by atoms with Crippen molar-refractivity contribution in [1.29, 1.82) is 0 Å². The van der Waals surface area contributed by atoms with Crippen molar-refractivity contribution in [3.05, 3.63) is 12.2 Å². The van der Waals surface area contributed by atoms with Gasteiger partial charge in [-0.1, -0.05) is 76.9 Å². The average molecular weight is 370 g/mol. The number of rotatable bonds is 15. The van der Waals surface area contributed by atoms with Gasteiger partial charge >= 0.3 is 0 Å². The molecule has 0 saturated carbocycles. The van der Waals surface area contributed by atoms with Crippen LogP contribution >= 0.6 is 0 Å². The molecule has 7 N–H and O–H groups in total. The van der Waals surface area contributed by atoms with Crippen LogP contribution in [-0.4, -0.2) is 28.1 Å². The number of unbranched alkanes of at least 4 members (excludes halogenated alkanes) is 12. The maximum absolute atomic E-state index is 8.66. The van der Waals surface area contributed by atoms with Gasteiger partial charge in [0, 0.05) is 28.3 Å². The fraction of sp³-hybridized carbons (Fsp3) is 0.889. The molecule has 0 unspecified atom stereocenters. The first-order valence-corrected chi connectivity index (χ1v) is 8.67. The van der Waals surface area contributed by atoms with Crippen molar-refractivity contribution in [1.82, 2.24) is 0 Å². The molecule has 142 valence electrons. The largest absolute Gasteiger partial charge is 0.412 e. The van der Waals surface area contributed by atoms with Crippen LogP contribution in [0.15, 0.2) is 12.2 Å². The fourth-order valence-electron chi connectivity index (χ4n) is 2.36. The quantitative estimate of drug-likeness (QED) is 0.265. The van der Waals surface area contributed by atoms with Crippen LogP contribution in [0, 0.1) is 0 Å². The Bertz CT molecular complexity index is 190. The molecule has 0 rings (SSSR count). The molecular weight excluding hydrogens is 328 g/mol. The second-order valence-corrected chi connectivity index (χ2v) is 5.66. The summed E-state index contributed by atoms with van der Waals surface area (Å²) in [7, 11) is 0. The van der Waals surface area contributed by atoms with Crippen molar-refractivity contribution in [2.24, 2.45) is 0 Å². The summed E-state index contributed by atoms with van der Waals surface area (Å²) >= 11 is 0. The number of aliphatic hydroxyl groups excluding tert-OH is 1. The van der Waals surface area contributed by atoms with Gasteiger partial charge in [-0.3, -0.25) is 0 Å². The summed E-state index contributed by atoms with van der Waals surface area (Å²) in [5.41, 5.74) is 0. The van der Waals surface area contributed by atoms with E-state index in [1.165, 1.54) is 83.5 Å². The van der Waals surface area contributed by atoms with E-state index in [-0.39, 0.29) is 38.1 Å². The number of hydrogen-bond acceptors (Lipinski definition) is 1. The average Bonchev–Trinajstić information content (AvgIpc) is 2.43. The standard InChI is InChI=1S/C18H36O.3H2O.Ti/c1-2-3-4-5-6-7-8-9-10-11-12-13-14-15-16-17-18-19;;;;/h9-10,19H,2-8,11-18H2,1H3;3*1H2;/b10-9-;;;;. The molecular formula is C18H42O4Ti. The SMILES string of the molecule is CCCCCCCC/C=C\CCCCCCCCO.O.O.O.[Ti]. The molecule has 0 spiro atoms. The zero-order valence-electron chi connectivity index (χ0n) is 15.2. The Morgan fingerprint density at radius 1 is 0.565 bits per heavy atom. The Labute approximate surface area is 158 Å². The Kier molecular flexibility index (Phi) is 50.8. The van der Waals surface area contributed by atoms with E-state index in [1.54, 1.807) is 0 Å². The van der Waals surface area contributed by atoms with Crippen LogP contribution in [-0.2, 0) is 21.7 Å². The first-order chi connectivity index (χ1) is 9.41. The molecule has 5 heteroatoms. The summed E-state index contributed by atoms with van der Waals surface area (Å²) in [6, 6.07) is 0. The summed E-state index contributed by atoms with van der Waals surface area (Å²) in [4.78, 5) is 0. The second kappa shape index (κ2) is 33.8. The van der Waals surface area contributed by atoms with Crippen LogP contribution in [0.1, 0.15) is 96.8 Å². The van der Waals surface area contributed by atoms with E-state index >= 15 is 0 Å². The van der Waals surface area contributed by atoms with Gasteiger partial charge in [-0.05, 0) is 32.1 Å². The minimum Gasteiger partial charge on any atom is -0.412 e. The summed E-state index contributed by atoms with van der Waals surface area (Å²) in [6.07, 6.45) is 23.2. The van der Waals surface area contributed by atoms with E-state index in [9.17, 15) is 0 Å². The van der Waals surface area contributed by atoms with Crippen molar-refractivity contribution < 1.29 is 43.3 Å².